The van der Waals surface area contributed by atoms with Crippen LogP contribution in [0.4, 0.5) is 8.78 Å². The Bertz CT molecular complexity index is 1030. The molecular formula is C25H39BF2N2O3Si. The molecule has 1 fully saturated rings. The highest BCUT2D eigenvalue weighted by Crippen LogP contribution is 2.38. The number of aromatic nitrogens is 2. The van der Waals surface area contributed by atoms with Gasteiger partial charge in [0.25, 0.3) is 0 Å². The summed E-state index contributed by atoms with van der Waals surface area (Å²) in [6, 6.07) is 3.12. The number of hydrogen-bond donors (Lipinski definition) is 0. The fourth-order valence-corrected chi connectivity index (χ4v) is 4.68. The Kier molecular flexibility index (Phi) is 7.28. The smallest absolute Gasteiger partial charge is 0.417 e. The van der Waals surface area contributed by atoms with Gasteiger partial charge < -0.3 is 13.7 Å². The molecule has 2 heterocycles. The summed E-state index contributed by atoms with van der Waals surface area (Å²) in [5, 5.41) is 4.68. The van der Waals surface area contributed by atoms with Crippen molar-refractivity contribution in [1.29, 1.82) is 0 Å². The highest BCUT2D eigenvalue weighted by atomic mass is 28.4. The summed E-state index contributed by atoms with van der Waals surface area (Å²) in [7, 11) is -2.75. The highest BCUT2D eigenvalue weighted by Gasteiger charge is 2.52. The van der Waals surface area contributed by atoms with Gasteiger partial charge in [0.15, 0.2) is 20.0 Å². The summed E-state index contributed by atoms with van der Waals surface area (Å²) in [4.78, 5) is 0. The van der Waals surface area contributed by atoms with Crippen LogP contribution in [0, 0.1) is 18.6 Å². The molecule has 0 saturated carbocycles. The zero-order valence-electron chi connectivity index (χ0n) is 22.3. The number of aryl methyl sites for hydroxylation is 2. The average molecular weight is 492 g/mol. The third-order valence-electron chi connectivity index (χ3n) is 7.66. The largest absolute Gasteiger partial charge is 0.497 e. The molecule has 0 spiro atoms. The molecule has 2 aromatic rings. The van der Waals surface area contributed by atoms with Crippen LogP contribution in [-0.4, -0.2) is 43.0 Å². The van der Waals surface area contributed by atoms with Gasteiger partial charge in [-0.2, -0.15) is 5.10 Å². The van der Waals surface area contributed by atoms with Crippen LogP contribution < -0.4 is 5.46 Å². The van der Waals surface area contributed by atoms with Crippen molar-refractivity contribution < 1.29 is 22.5 Å². The van der Waals surface area contributed by atoms with Crippen molar-refractivity contribution in [2.75, 3.05) is 6.61 Å². The molecule has 9 heteroatoms. The molecule has 0 aliphatic carbocycles. The Morgan fingerprint density at radius 3 is 2.18 bits per heavy atom. The minimum atomic E-state index is -1.79. The van der Waals surface area contributed by atoms with E-state index in [0.717, 1.165) is 6.42 Å². The Morgan fingerprint density at radius 1 is 1.03 bits per heavy atom. The van der Waals surface area contributed by atoms with E-state index in [1.54, 1.807) is 29.9 Å². The van der Waals surface area contributed by atoms with Crippen LogP contribution in [0.1, 0.15) is 60.6 Å². The van der Waals surface area contributed by atoms with E-state index in [1.807, 2.05) is 27.7 Å². The molecule has 1 aromatic heterocycles. The first-order valence-corrected chi connectivity index (χ1v) is 14.9. The zero-order valence-corrected chi connectivity index (χ0v) is 23.3. The van der Waals surface area contributed by atoms with E-state index < -0.39 is 38.3 Å². The normalized spacial score (nSPS) is 18.1. The Morgan fingerprint density at radius 2 is 1.62 bits per heavy atom. The maximum Gasteiger partial charge on any atom is 0.497 e. The third kappa shape index (κ3) is 5.17. The molecule has 0 atom stereocenters. The fraction of sp³-hybridized carbons (Fsp3) is 0.640. The molecule has 1 saturated heterocycles. The first-order chi connectivity index (χ1) is 15.5. The molecule has 1 aromatic carbocycles. The molecule has 188 valence electrons. The van der Waals surface area contributed by atoms with Crippen LogP contribution >= 0.6 is 0 Å². The highest BCUT2D eigenvalue weighted by molar-refractivity contribution is 6.74. The van der Waals surface area contributed by atoms with E-state index in [2.05, 4.69) is 39.0 Å². The lowest BCUT2D eigenvalue weighted by molar-refractivity contribution is 0.00578. The van der Waals surface area contributed by atoms with Crippen molar-refractivity contribution in [1.82, 2.24) is 9.78 Å². The second-order valence-corrected chi connectivity index (χ2v) is 16.6. The summed E-state index contributed by atoms with van der Waals surface area (Å²) in [5.41, 5.74) is 0.192. The lowest BCUT2D eigenvalue weighted by Gasteiger charge is -2.36. The maximum absolute atomic E-state index is 15.2. The van der Waals surface area contributed by atoms with Crippen LogP contribution in [0.2, 0.25) is 18.1 Å². The van der Waals surface area contributed by atoms with Crippen molar-refractivity contribution in [2.45, 2.75) is 97.7 Å². The van der Waals surface area contributed by atoms with Crippen LogP contribution in [0.25, 0.3) is 11.1 Å². The molecule has 0 N–H and O–H groups in total. The van der Waals surface area contributed by atoms with Gasteiger partial charge in [-0.25, -0.2) is 8.78 Å². The number of nitrogens with zero attached hydrogens (tertiary/aromatic N) is 2. The number of rotatable bonds is 7. The van der Waals surface area contributed by atoms with Crippen molar-refractivity contribution >= 4 is 20.9 Å². The summed E-state index contributed by atoms with van der Waals surface area (Å²) in [5.74, 6) is -1.87. The minimum absolute atomic E-state index is 0.0627. The summed E-state index contributed by atoms with van der Waals surface area (Å²) < 4.78 is 50.1. The molecule has 1 aliphatic rings. The molecule has 0 radical (unpaired) electrons. The topological polar surface area (TPSA) is 45.5 Å². The third-order valence-corrected chi connectivity index (χ3v) is 12.2. The average Bonchev–Trinajstić information content (AvgIpc) is 3.15. The van der Waals surface area contributed by atoms with Gasteiger partial charge >= 0.3 is 7.12 Å². The number of benzene rings is 1. The van der Waals surface area contributed by atoms with Crippen LogP contribution in [-0.2, 0) is 20.3 Å². The second-order valence-electron chi connectivity index (χ2n) is 11.8. The van der Waals surface area contributed by atoms with E-state index >= 15 is 8.78 Å². The number of halogens is 2. The molecule has 0 bridgehead atoms. The standard InChI is InChI=1S/C25H39BF2N2O3Si/c1-17-19(16-30(29-17)14-11-15-31-34(9,10)23(2,3)4)18-12-13-20(22(28)21(18)27)26-32-24(5,6)25(7,8)33-26/h12-13,16H,11,14-15H2,1-10H3. The van der Waals surface area contributed by atoms with Gasteiger partial charge in [-0.05, 0) is 59.2 Å². The van der Waals surface area contributed by atoms with Crippen molar-refractivity contribution in [3.05, 3.63) is 35.7 Å². The van der Waals surface area contributed by atoms with E-state index in [-0.39, 0.29) is 16.1 Å². The van der Waals surface area contributed by atoms with Gasteiger partial charge in [0.1, 0.15) is 0 Å². The maximum atomic E-state index is 15.2. The molecule has 3 rings (SSSR count). The van der Waals surface area contributed by atoms with Crippen LogP contribution in [0.5, 0.6) is 0 Å². The lowest BCUT2D eigenvalue weighted by atomic mass is 9.78. The second kappa shape index (κ2) is 9.15. The quantitative estimate of drug-likeness (QED) is 0.360. The Balaban J connectivity index is 1.73. The van der Waals surface area contributed by atoms with E-state index in [1.165, 1.54) is 0 Å². The minimum Gasteiger partial charge on any atom is -0.417 e. The molecule has 0 unspecified atom stereocenters. The summed E-state index contributed by atoms with van der Waals surface area (Å²) in [6.07, 6.45) is 2.57. The Labute approximate surface area is 204 Å². The van der Waals surface area contributed by atoms with Gasteiger partial charge in [-0.1, -0.05) is 32.9 Å². The lowest BCUT2D eigenvalue weighted by Crippen LogP contribution is -2.41. The first-order valence-electron chi connectivity index (χ1n) is 12.0. The number of hydrogen-bond acceptors (Lipinski definition) is 4. The van der Waals surface area contributed by atoms with Crippen molar-refractivity contribution in [3.63, 3.8) is 0 Å². The molecule has 0 amide bonds. The monoisotopic (exact) mass is 492 g/mol. The van der Waals surface area contributed by atoms with Crippen LogP contribution in [0.3, 0.4) is 0 Å². The SMILES string of the molecule is Cc1nn(CCCO[Si](C)(C)C(C)(C)C)cc1-c1ccc(B2OC(C)(C)C(C)(C)O2)c(F)c1F. The van der Waals surface area contributed by atoms with Crippen LogP contribution in [0.15, 0.2) is 18.3 Å². The fourth-order valence-electron chi connectivity index (χ4n) is 3.59. The molecular weight excluding hydrogens is 453 g/mol. The van der Waals surface area contributed by atoms with Gasteiger partial charge in [0, 0.05) is 35.9 Å². The van der Waals surface area contributed by atoms with Gasteiger partial charge in [0.05, 0.1) is 16.9 Å². The molecule has 1 aliphatic heterocycles. The van der Waals surface area contributed by atoms with E-state index in [0.29, 0.717) is 24.4 Å². The summed E-state index contributed by atoms with van der Waals surface area (Å²) in [6.45, 7) is 21.7. The summed E-state index contributed by atoms with van der Waals surface area (Å²) >= 11 is 0. The van der Waals surface area contributed by atoms with Gasteiger partial charge in [-0.3, -0.25) is 4.68 Å². The van der Waals surface area contributed by atoms with E-state index in [9.17, 15) is 0 Å². The zero-order chi connectivity index (χ0) is 25.7. The Hall–Kier alpha value is -1.55. The van der Waals surface area contributed by atoms with Gasteiger partial charge in [0.2, 0.25) is 0 Å². The van der Waals surface area contributed by atoms with Crippen molar-refractivity contribution in [3.8, 4) is 11.1 Å². The molecule has 5 nitrogen and oxygen atoms in total. The van der Waals surface area contributed by atoms with E-state index in [4.69, 9.17) is 13.7 Å². The van der Waals surface area contributed by atoms with Gasteiger partial charge in [-0.15, -0.1) is 0 Å². The predicted molar refractivity (Wildman–Crippen MR) is 136 cm³/mol. The first kappa shape index (κ1) is 27.0. The molecule has 34 heavy (non-hydrogen) atoms. The van der Waals surface area contributed by atoms with Crippen molar-refractivity contribution in [2.24, 2.45) is 0 Å². The predicted octanol–water partition coefficient (Wildman–Crippen LogP) is 5.85.